The minimum absolute atomic E-state index is 0.204. The van der Waals surface area contributed by atoms with E-state index in [2.05, 4.69) is 0 Å². The molecule has 0 bridgehead atoms. The number of aromatic nitrogens is 2. The molecule has 0 aliphatic rings. The van der Waals surface area contributed by atoms with Gasteiger partial charge in [0.15, 0.2) is 4.84 Å². The Bertz CT molecular complexity index is 1000. The normalized spacial score (nSPS) is 11.7. The molecule has 0 unspecified atom stereocenters. The lowest BCUT2D eigenvalue weighted by molar-refractivity contribution is 0.812. The van der Waals surface area contributed by atoms with Crippen LogP contribution in [0.1, 0.15) is 22.4 Å². The summed E-state index contributed by atoms with van der Waals surface area (Å²) in [5, 5.41) is 9.43. The van der Waals surface area contributed by atoms with Crippen LogP contribution in [0.2, 0.25) is 0 Å². The average Bonchev–Trinajstić information content (AvgIpc) is 2.54. The van der Waals surface area contributed by atoms with E-state index in [1.165, 1.54) is 11.5 Å². The third kappa shape index (κ3) is 3.78. The van der Waals surface area contributed by atoms with Crippen molar-refractivity contribution in [3.05, 3.63) is 61.4 Å². The van der Waals surface area contributed by atoms with Gasteiger partial charge in [-0.2, -0.15) is 9.23 Å². The summed E-state index contributed by atoms with van der Waals surface area (Å²) in [6.07, 6.45) is 0. The van der Waals surface area contributed by atoms with Crippen LogP contribution in [0.25, 0.3) is 5.69 Å². The predicted molar refractivity (Wildman–Crippen MR) is 108 cm³/mol. The Morgan fingerprint density at radius 2 is 1.69 bits per heavy atom. The summed E-state index contributed by atoms with van der Waals surface area (Å²) >= 11 is 23.9. The van der Waals surface area contributed by atoms with Crippen LogP contribution in [0.4, 0.5) is 0 Å². The highest BCUT2D eigenvalue weighted by molar-refractivity contribution is 8.02. The first kappa shape index (κ1) is 21.2. The van der Waals surface area contributed by atoms with Gasteiger partial charge >= 0.3 is 5.69 Å². The molecule has 2 rings (SSSR count). The Balaban J connectivity index is 2.93. The van der Waals surface area contributed by atoms with Gasteiger partial charge in [0.1, 0.15) is 11.6 Å². The highest BCUT2D eigenvalue weighted by Gasteiger charge is 2.36. The van der Waals surface area contributed by atoms with Crippen LogP contribution in [0, 0.1) is 32.1 Å². The van der Waals surface area contributed by atoms with Crippen LogP contribution in [-0.2, 0) is 0 Å². The first-order chi connectivity index (χ1) is 12.0. The van der Waals surface area contributed by atoms with Crippen molar-refractivity contribution >= 4 is 58.4 Å². The lowest BCUT2D eigenvalue weighted by Crippen LogP contribution is -2.41. The number of aryl methyl sites for hydroxylation is 2. The van der Waals surface area contributed by atoms with Gasteiger partial charge in [-0.1, -0.05) is 41.4 Å². The summed E-state index contributed by atoms with van der Waals surface area (Å²) < 4.78 is 0.126. The molecule has 2 aromatic rings. The molecule has 0 saturated carbocycles. The molecule has 0 spiro atoms. The van der Waals surface area contributed by atoms with E-state index in [0.717, 1.165) is 11.1 Å². The predicted octanol–water partition coefficient (Wildman–Crippen LogP) is 4.23. The van der Waals surface area contributed by atoms with Crippen molar-refractivity contribution in [2.45, 2.75) is 29.3 Å². The molecule has 0 radical (unpaired) electrons. The molecule has 0 N–H and O–H groups in total. The molecule has 5 nitrogen and oxygen atoms in total. The van der Waals surface area contributed by atoms with E-state index in [4.69, 9.17) is 46.4 Å². The lowest BCUT2D eigenvalue weighted by Gasteiger charge is -2.22. The summed E-state index contributed by atoms with van der Waals surface area (Å²) in [6.45, 7) is 5.18. The monoisotopic (exact) mass is 451 g/mol. The molecule has 0 amide bonds. The smallest absolute Gasteiger partial charge is 0.267 e. The maximum Gasteiger partial charge on any atom is 0.346 e. The van der Waals surface area contributed by atoms with Crippen LogP contribution in [0.5, 0.6) is 0 Å². The molecule has 0 aliphatic carbocycles. The first-order valence-electron chi connectivity index (χ1n) is 7.23. The van der Waals surface area contributed by atoms with Crippen LogP contribution in [0.15, 0.2) is 27.8 Å². The van der Waals surface area contributed by atoms with Crippen molar-refractivity contribution in [3.63, 3.8) is 0 Å². The standard InChI is InChI=1S/C16H13Cl4N3O2S/c1-8-5-4-6-9(2)12(8)22-10(3)11(7-21)13(24)23(15(22)25)26-16(19,20)14(17)18/h4-6,14H,1-3H3. The molecule has 138 valence electrons. The minimum Gasteiger partial charge on any atom is -0.267 e. The second-order valence-electron chi connectivity index (χ2n) is 5.48. The third-order valence-corrected chi connectivity index (χ3v) is 6.90. The second-order valence-corrected chi connectivity index (χ2v) is 9.61. The lowest BCUT2D eigenvalue weighted by atomic mass is 10.1. The van der Waals surface area contributed by atoms with Gasteiger partial charge in [-0.3, -0.25) is 9.36 Å². The number of halogens is 4. The van der Waals surface area contributed by atoms with Gasteiger partial charge in [0.05, 0.1) is 5.69 Å². The van der Waals surface area contributed by atoms with Crippen molar-refractivity contribution in [1.82, 2.24) is 8.54 Å². The van der Waals surface area contributed by atoms with Crippen molar-refractivity contribution in [2.24, 2.45) is 0 Å². The Hall–Kier alpha value is -1.10. The van der Waals surface area contributed by atoms with Crippen LogP contribution in [-0.4, -0.2) is 17.0 Å². The van der Waals surface area contributed by atoms with E-state index in [0.29, 0.717) is 21.6 Å². The molecule has 26 heavy (non-hydrogen) atoms. The van der Waals surface area contributed by atoms with Gasteiger partial charge < -0.3 is 0 Å². The number of alkyl halides is 4. The molecular weight excluding hydrogens is 440 g/mol. The molecular formula is C16H13Cl4N3O2S. The SMILES string of the molecule is Cc1cccc(C)c1-n1c(C)c(C#N)c(=O)n(SC(Cl)(Cl)C(Cl)Cl)c1=O. The fraction of sp³-hybridized carbons (Fsp3) is 0.312. The van der Waals surface area contributed by atoms with Crippen LogP contribution in [0.3, 0.4) is 0 Å². The fourth-order valence-corrected chi connectivity index (χ4v) is 3.79. The Morgan fingerprint density at radius 3 is 2.15 bits per heavy atom. The zero-order chi connectivity index (χ0) is 19.8. The first-order valence-corrected chi connectivity index (χ1v) is 9.64. The van der Waals surface area contributed by atoms with Crippen molar-refractivity contribution in [2.75, 3.05) is 0 Å². The maximum atomic E-state index is 13.1. The van der Waals surface area contributed by atoms with Crippen molar-refractivity contribution in [3.8, 4) is 11.8 Å². The van der Waals surface area contributed by atoms with Gasteiger partial charge in [-0.25, -0.2) is 4.79 Å². The molecule has 1 aromatic carbocycles. The van der Waals surface area contributed by atoms with Gasteiger partial charge in [-0.15, -0.1) is 23.2 Å². The Labute approximate surface area is 174 Å². The number of benzene rings is 1. The molecule has 0 aliphatic heterocycles. The van der Waals surface area contributed by atoms with Crippen LogP contribution >= 0.6 is 58.4 Å². The van der Waals surface area contributed by atoms with E-state index in [-0.39, 0.29) is 11.3 Å². The summed E-state index contributed by atoms with van der Waals surface area (Å²) in [4.78, 5) is 24.4. The zero-order valence-electron chi connectivity index (χ0n) is 13.9. The highest BCUT2D eigenvalue weighted by Crippen LogP contribution is 2.42. The number of rotatable bonds is 4. The highest BCUT2D eigenvalue weighted by atomic mass is 35.5. The summed E-state index contributed by atoms with van der Waals surface area (Å²) in [6, 6.07) is 7.33. The molecule has 0 saturated heterocycles. The van der Waals surface area contributed by atoms with E-state index in [1.807, 2.05) is 38.1 Å². The second kappa shape index (κ2) is 7.87. The quantitative estimate of drug-likeness (QED) is 0.651. The number of nitrogens with zero attached hydrogens (tertiary/aromatic N) is 3. The summed E-state index contributed by atoms with van der Waals surface area (Å²) in [7, 11) is 0. The van der Waals surface area contributed by atoms with Crippen LogP contribution < -0.4 is 11.2 Å². The van der Waals surface area contributed by atoms with E-state index < -0.39 is 19.8 Å². The van der Waals surface area contributed by atoms with Crippen molar-refractivity contribution in [1.29, 1.82) is 5.26 Å². The van der Waals surface area contributed by atoms with Gasteiger partial charge in [0.25, 0.3) is 5.56 Å². The van der Waals surface area contributed by atoms with E-state index in [9.17, 15) is 14.9 Å². The average molecular weight is 453 g/mol. The van der Waals surface area contributed by atoms with Gasteiger partial charge in [0, 0.05) is 17.6 Å². The Kier molecular flexibility index (Phi) is 6.42. The number of hydrogen-bond donors (Lipinski definition) is 0. The molecule has 0 fully saturated rings. The zero-order valence-corrected chi connectivity index (χ0v) is 17.7. The van der Waals surface area contributed by atoms with Gasteiger partial charge in [0.2, 0.25) is 3.67 Å². The number of nitriles is 1. The van der Waals surface area contributed by atoms with Gasteiger partial charge in [-0.05, 0) is 31.9 Å². The van der Waals surface area contributed by atoms with E-state index >= 15 is 0 Å². The molecule has 0 atom stereocenters. The molecule has 1 heterocycles. The topological polar surface area (TPSA) is 67.8 Å². The fourth-order valence-electron chi connectivity index (χ4n) is 2.48. The summed E-state index contributed by atoms with van der Waals surface area (Å²) in [5.41, 5.74) is 0.638. The largest absolute Gasteiger partial charge is 0.346 e. The number of hydrogen-bond acceptors (Lipinski definition) is 4. The van der Waals surface area contributed by atoms with E-state index in [1.54, 1.807) is 0 Å². The van der Waals surface area contributed by atoms with Crippen molar-refractivity contribution < 1.29 is 0 Å². The minimum atomic E-state index is -1.87. The summed E-state index contributed by atoms with van der Waals surface area (Å²) in [5.74, 6) is 0. The maximum absolute atomic E-state index is 13.1. The Morgan fingerprint density at radius 1 is 1.15 bits per heavy atom. The molecule has 10 heteroatoms. The third-order valence-electron chi connectivity index (χ3n) is 3.70. The molecule has 1 aromatic heterocycles. The number of para-hydroxylation sites is 1.